The molecule has 0 aliphatic carbocycles. The van der Waals surface area contributed by atoms with Gasteiger partial charge in [0.15, 0.2) is 0 Å². The van der Waals surface area contributed by atoms with Gasteiger partial charge in [-0.3, -0.25) is 0 Å². The zero-order valence-corrected chi connectivity index (χ0v) is 10.3. The number of aryl methyl sites for hydroxylation is 1. The minimum atomic E-state index is -2.76. The van der Waals surface area contributed by atoms with Crippen LogP contribution in [0.4, 0.5) is 8.78 Å². The first-order chi connectivity index (χ1) is 7.47. The average Bonchev–Trinajstić information content (AvgIpc) is 2.74. The molecule has 1 saturated heterocycles. The second kappa shape index (κ2) is 4.37. The first-order valence-electron chi connectivity index (χ1n) is 5.55. The highest BCUT2D eigenvalue weighted by Gasteiger charge is 2.30. The summed E-state index contributed by atoms with van der Waals surface area (Å²) in [4.78, 5) is 4.35. The highest BCUT2D eigenvalue weighted by Crippen LogP contribution is 2.34. The van der Waals surface area contributed by atoms with Crippen LogP contribution in [0.3, 0.4) is 0 Å². The normalized spacial score (nSPS) is 21.6. The van der Waals surface area contributed by atoms with E-state index in [2.05, 4.69) is 10.3 Å². The fourth-order valence-corrected chi connectivity index (χ4v) is 3.16. The Balaban J connectivity index is 2.11. The maximum absolute atomic E-state index is 13.2. The van der Waals surface area contributed by atoms with E-state index in [-0.39, 0.29) is 4.88 Å². The molecule has 1 atom stereocenters. The summed E-state index contributed by atoms with van der Waals surface area (Å²) >= 11 is 1.15. The number of halogens is 2. The summed E-state index contributed by atoms with van der Waals surface area (Å²) in [5.41, 5.74) is 0.477. The first-order valence-corrected chi connectivity index (χ1v) is 6.36. The monoisotopic (exact) mass is 246 g/mol. The van der Waals surface area contributed by atoms with E-state index in [1.165, 1.54) is 6.42 Å². The van der Waals surface area contributed by atoms with Gasteiger partial charge in [-0.2, -0.15) is 0 Å². The lowest BCUT2D eigenvalue weighted by Gasteiger charge is -2.07. The van der Waals surface area contributed by atoms with Gasteiger partial charge in [0.1, 0.15) is 0 Å². The Morgan fingerprint density at radius 3 is 2.81 bits per heavy atom. The molecule has 1 aromatic rings. The van der Waals surface area contributed by atoms with Crippen molar-refractivity contribution < 1.29 is 8.78 Å². The largest absolute Gasteiger partial charge is 0.314 e. The molecule has 0 spiro atoms. The SMILES string of the molecule is Cc1nc(CC2CCCN2)sc1C(C)(F)F. The Morgan fingerprint density at radius 1 is 1.56 bits per heavy atom. The van der Waals surface area contributed by atoms with Gasteiger partial charge in [-0.25, -0.2) is 13.8 Å². The molecule has 1 N–H and O–H groups in total. The lowest BCUT2D eigenvalue weighted by molar-refractivity contribution is 0.0206. The molecule has 1 aliphatic rings. The standard InChI is InChI=1S/C11H16F2N2S/c1-7-10(11(2,12)13)16-9(15-7)6-8-4-3-5-14-8/h8,14H,3-6H2,1-2H3. The number of hydrogen-bond acceptors (Lipinski definition) is 3. The Labute approximate surface area is 98.1 Å². The number of alkyl halides is 2. The highest BCUT2D eigenvalue weighted by atomic mass is 32.1. The predicted octanol–water partition coefficient (Wildman–Crippen LogP) is 2.86. The van der Waals surface area contributed by atoms with Crippen LogP contribution in [-0.4, -0.2) is 17.6 Å². The fourth-order valence-electron chi connectivity index (χ4n) is 2.09. The van der Waals surface area contributed by atoms with Crippen LogP contribution in [0.1, 0.15) is 35.3 Å². The molecule has 5 heteroatoms. The maximum Gasteiger partial charge on any atom is 0.281 e. The number of hydrogen-bond donors (Lipinski definition) is 1. The van der Waals surface area contributed by atoms with Crippen molar-refractivity contribution in [3.8, 4) is 0 Å². The smallest absolute Gasteiger partial charge is 0.281 e. The van der Waals surface area contributed by atoms with Crippen molar-refractivity contribution in [2.75, 3.05) is 6.54 Å². The van der Waals surface area contributed by atoms with Gasteiger partial charge in [0.25, 0.3) is 5.92 Å². The highest BCUT2D eigenvalue weighted by molar-refractivity contribution is 7.11. The second-order valence-electron chi connectivity index (χ2n) is 4.41. The second-order valence-corrected chi connectivity index (χ2v) is 5.49. The predicted molar refractivity (Wildman–Crippen MR) is 61.1 cm³/mol. The van der Waals surface area contributed by atoms with Crippen molar-refractivity contribution in [3.63, 3.8) is 0 Å². The van der Waals surface area contributed by atoms with Gasteiger partial charge in [-0.05, 0) is 26.3 Å². The zero-order chi connectivity index (χ0) is 11.8. The van der Waals surface area contributed by atoms with Crippen LogP contribution in [0, 0.1) is 6.92 Å². The summed E-state index contributed by atoms with van der Waals surface area (Å²) in [7, 11) is 0. The lowest BCUT2D eigenvalue weighted by Crippen LogP contribution is -2.23. The topological polar surface area (TPSA) is 24.9 Å². The average molecular weight is 246 g/mol. The van der Waals surface area contributed by atoms with Crippen LogP contribution in [-0.2, 0) is 12.3 Å². The van der Waals surface area contributed by atoms with Gasteiger partial charge < -0.3 is 5.32 Å². The van der Waals surface area contributed by atoms with E-state index in [4.69, 9.17) is 0 Å². The van der Waals surface area contributed by atoms with Crippen LogP contribution < -0.4 is 5.32 Å². The molecule has 2 rings (SSSR count). The van der Waals surface area contributed by atoms with Crippen LogP contribution >= 0.6 is 11.3 Å². The summed E-state index contributed by atoms with van der Waals surface area (Å²) in [6, 6.07) is 0.420. The van der Waals surface area contributed by atoms with Crippen molar-refractivity contribution in [1.82, 2.24) is 10.3 Å². The van der Waals surface area contributed by atoms with E-state index in [1.807, 2.05) is 0 Å². The number of thiazole rings is 1. The molecule has 1 fully saturated rings. The van der Waals surface area contributed by atoms with Gasteiger partial charge in [-0.15, -0.1) is 11.3 Å². The molecular formula is C11H16F2N2S. The van der Waals surface area contributed by atoms with Gasteiger partial charge in [-0.1, -0.05) is 0 Å². The third-order valence-electron chi connectivity index (χ3n) is 2.82. The van der Waals surface area contributed by atoms with Crippen molar-refractivity contribution in [3.05, 3.63) is 15.6 Å². The molecule has 0 aromatic carbocycles. The van der Waals surface area contributed by atoms with Crippen LogP contribution in [0.15, 0.2) is 0 Å². The lowest BCUT2D eigenvalue weighted by atomic mass is 10.2. The molecule has 2 heterocycles. The van der Waals surface area contributed by atoms with E-state index < -0.39 is 5.92 Å². The summed E-state index contributed by atoms with van der Waals surface area (Å²) in [5.74, 6) is -2.76. The number of nitrogens with one attached hydrogen (secondary N) is 1. The molecule has 2 nitrogen and oxygen atoms in total. The third-order valence-corrected chi connectivity index (χ3v) is 4.17. The van der Waals surface area contributed by atoms with Gasteiger partial charge in [0.05, 0.1) is 15.6 Å². The summed E-state index contributed by atoms with van der Waals surface area (Å²) in [6.07, 6.45) is 3.07. The summed E-state index contributed by atoms with van der Waals surface area (Å²) in [5, 5.41) is 4.18. The molecule has 16 heavy (non-hydrogen) atoms. The van der Waals surface area contributed by atoms with Crippen molar-refractivity contribution in [2.24, 2.45) is 0 Å². The zero-order valence-electron chi connectivity index (χ0n) is 9.52. The van der Waals surface area contributed by atoms with Gasteiger partial charge >= 0.3 is 0 Å². The molecule has 1 unspecified atom stereocenters. The minimum Gasteiger partial charge on any atom is -0.314 e. The van der Waals surface area contributed by atoms with Crippen molar-refractivity contribution in [2.45, 2.75) is 45.1 Å². The Kier molecular flexibility index (Phi) is 3.26. The van der Waals surface area contributed by atoms with Crippen LogP contribution in [0.5, 0.6) is 0 Å². The first kappa shape index (κ1) is 11.9. The molecule has 0 saturated carbocycles. The van der Waals surface area contributed by atoms with Crippen LogP contribution in [0.25, 0.3) is 0 Å². The van der Waals surface area contributed by atoms with Gasteiger partial charge in [0.2, 0.25) is 0 Å². The van der Waals surface area contributed by atoms with E-state index in [0.717, 1.165) is 42.7 Å². The van der Waals surface area contributed by atoms with Gasteiger partial charge in [0, 0.05) is 19.4 Å². The minimum absolute atomic E-state index is 0.112. The van der Waals surface area contributed by atoms with Crippen molar-refractivity contribution >= 4 is 11.3 Å². The quantitative estimate of drug-likeness (QED) is 0.887. The summed E-state index contributed by atoms with van der Waals surface area (Å²) in [6.45, 7) is 3.63. The number of aromatic nitrogens is 1. The van der Waals surface area contributed by atoms with E-state index in [0.29, 0.717) is 11.7 Å². The molecule has 0 radical (unpaired) electrons. The van der Waals surface area contributed by atoms with E-state index in [9.17, 15) is 8.78 Å². The molecule has 0 amide bonds. The number of rotatable bonds is 3. The maximum atomic E-state index is 13.2. The molecule has 1 aliphatic heterocycles. The fraction of sp³-hybridized carbons (Fsp3) is 0.727. The Morgan fingerprint density at radius 2 is 2.31 bits per heavy atom. The van der Waals surface area contributed by atoms with Crippen molar-refractivity contribution in [1.29, 1.82) is 0 Å². The summed E-state index contributed by atoms with van der Waals surface area (Å²) < 4.78 is 26.4. The number of nitrogens with zero attached hydrogens (tertiary/aromatic N) is 1. The molecule has 1 aromatic heterocycles. The van der Waals surface area contributed by atoms with E-state index in [1.54, 1.807) is 6.92 Å². The molecule has 90 valence electrons. The molecular weight excluding hydrogens is 230 g/mol. The molecule has 0 bridgehead atoms. The van der Waals surface area contributed by atoms with Crippen LogP contribution in [0.2, 0.25) is 0 Å². The van der Waals surface area contributed by atoms with E-state index >= 15 is 0 Å². The Hall–Kier alpha value is -0.550. The third kappa shape index (κ3) is 2.58. The Bertz CT molecular complexity index is 365.